The van der Waals surface area contributed by atoms with Crippen molar-refractivity contribution in [3.63, 3.8) is 0 Å². The highest BCUT2D eigenvalue weighted by atomic mass is 15.2. The minimum absolute atomic E-state index is 0.628. The van der Waals surface area contributed by atoms with Gasteiger partial charge in [0.05, 0.1) is 0 Å². The lowest BCUT2D eigenvalue weighted by Gasteiger charge is -2.39. The third-order valence-electron chi connectivity index (χ3n) is 4.31. The van der Waals surface area contributed by atoms with E-state index in [1.165, 1.54) is 51.6 Å². The second-order valence-corrected chi connectivity index (χ2v) is 6.40. The zero-order valence-corrected chi connectivity index (χ0v) is 11.9. The van der Waals surface area contributed by atoms with Crippen molar-refractivity contribution in [1.29, 1.82) is 0 Å². The summed E-state index contributed by atoms with van der Waals surface area (Å²) in [5, 5.41) is 3.72. The monoisotopic (exact) mass is 238 g/mol. The van der Waals surface area contributed by atoms with Crippen LogP contribution in [0.4, 0.5) is 0 Å². The van der Waals surface area contributed by atoms with E-state index in [-0.39, 0.29) is 0 Å². The number of nitrogens with one attached hydrogen (secondary N) is 1. The Morgan fingerprint density at radius 1 is 1.24 bits per heavy atom. The molecule has 1 saturated heterocycles. The molecular weight excluding hydrogens is 208 g/mol. The van der Waals surface area contributed by atoms with Gasteiger partial charge in [-0.15, -0.1) is 0 Å². The molecule has 0 aromatic heterocycles. The average molecular weight is 238 g/mol. The topological polar surface area (TPSA) is 15.3 Å². The Balaban J connectivity index is 1.81. The fourth-order valence-electron chi connectivity index (χ4n) is 3.26. The first-order valence-electron chi connectivity index (χ1n) is 7.69. The van der Waals surface area contributed by atoms with Crippen LogP contribution >= 0.6 is 0 Å². The molecule has 100 valence electrons. The van der Waals surface area contributed by atoms with Gasteiger partial charge in [-0.05, 0) is 38.1 Å². The van der Waals surface area contributed by atoms with Gasteiger partial charge < -0.3 is 5.32 Å². The summed E-state index contributed by atoms with van der Waals surface area (Å²) in [6.45, 7) is 9.51. The predicted octanol–water partition coefficient (Wildman–Crippen LogP) is 3.03. The van der Waals surface area contributed by atoms with Crippen molar-refractivity contribution in [3.8, 4) is 0 Å². The van der Waals surface area contributed by atoms with Crippen LogP contribution < -0.4 is 5.32 Å². The summed E-state index contributed by atoms with van der Waals surface area (Å²) in [6.07, 6.45) is 8.55. The molecule has 2 fully saturated rings. The summed E-state index contributed by atoms with van der Waals surface area (Å²) >= 11 is 0. The van der Waals surface area contributed by atoms with Crippen molar-refractivity contribution < 1.29 is 0 Å². The van der Waals surface area contributed by atoms with Crippen LogP contribution in [0.15, 0.2) is 0 Å². The van der Waals surface area contributed by atoms with E-state index >= 15 is 0 Å². The molecule has 2 unspecified atom stereocenters. The van der Waals surface area contributed by atoms with E-state index in [0.717, 1.165) is 18.0 Å². The molecule has 0 spiro atoms. The highest BCUT2D eigenvalue weighted by Gasteiger charge is 2.30. The predicted molar refractivity (Wildman–Crippen MR) is 74.3 cm³/mol. The molecule has 17 heavy (non-hydrogen) atoms. The maximum atomic E-state index is 3.72. The summed E-state index contributed by atoms with van der Waals surface area (Å²) in [7, 11) is 0. The van der Waals surface area contributed by atoms with Gasteiger partial charge in [0, 0.05) is 24.7 Å². The fourth-order valence-corrected chi connectivity index (χ4v) is 3.26. The van der Waals surface area contributed by atoms with Crippen LogP contribution in [0.1, 0.15) is 59.3 Å². The maximum Gasteiger partial charge on any atom is 0.0197 e. The highest BCUT2D eigenvalue weighted by molar-refractivity contribution is 4.86. The van der Waals surface area contributed by atoms with Gasteiger partial charge in [-0.3, -0.25) is 4.90 Å². The number of nitrogens with zero attached hydrogens (tertiary/aromatic N) is 1. The van der Waals surface area contributed by atoms with Crippen molar-refractivity contribution >= 4 is 0 Å². The molecule has 1 aliphatic carbocycles. The minimum atomic E-state index is 0.628. The second-order valence-electron chi connectivity index (χ2n) is 6.40. The molecule has 1 aliphatic heterocycles. The van der Waals surface area contributed by atoms with E-state index in [4.69, 9.17) is 0 Å². The Labute approximate surface area is 107 Å². The molecule has 0 radical (unpaired) electrons. The molecule has 2 rings (SSSR count). The van der Waals surface area contributed by atoms with E-state index < -0.39 is 0 Å². The Hall–Kier alpha value is -0.0800. The molecule has 1 saturated carbocycles. The lowest BCUT2D eigenvalue weighted by molar-refractivity contribution is 0.120. The van der Waals surface area contributed by atoms with Crippen LogP contribution in [0.3, 0.4) is 0 Å². The van der Waals surface area contributed by atoms with Crippen LogP contribution in [0.5, 0.6) is 0 Å². The Kier molecular flexibility index (Phi) is 4.87. The standard InChI is InChI=1S/C15H30N2/c1-4-15(10-13-7-8-13)17-9-5-6-14(11-17)16-12(2)3/h12-16H,4-11H2,1-3H3. The number of likely N-dealkylation sites (tertiary alicyclic amines) is 1. The lowest BCUT2D eigenvalue weighted by atomic mass is 9.99. The Morgan fingerprint density at radius 3 is 2.59 bits per heavy atom. The summed E-state index contributed by atoms with van der Waals surface area (Å²) < 4.78 is 0. The average Bonchev–Trinajstić information content (AvgIpc) is 3.09. The zero-order chi connectivity index (χ0) is 12.3. The molecule has 0 bridgehead atoms. The zero-order valence-electron chi connectivity index (χ0n) is 11.9. The summed E-state index contributed by atoms with van der Waals surface area (Å²) in [4.78, 5) is 2.77. The van der Waals surface area contributed by atoms with Gasteiger partial charge in [0.15, 0.2) is 0 Å². The van der Waals surface area contributed by atoms with Crippen molar-refractivity contribution in [2.24, 2.45) is 5.92 Å². The van der Waals surface area contributed by atoms with Gasteiger partial charge in [-0.2, -0.15) is 0 Å². The van der Waals surface area contributed by atoms with Crippen LogP contribution in [0.25, 0.3) is 0 Å². The normalized spacial score (nSPS) is 28.6. The molecule has 2 atom stereocenters. The van der Waals surface area contributed by atoms with Gasteiger partial charge in [0.1, 0.15) is 0 Å². The lowest BCUT2D eigenvalue weighted by Crippen LogP contribution is -2.51. The minimum Gasteiger partial charge on any atom is -0.311 e. The molecule has 1 N–H and O–H groups in total. The Bertz CT molecular complexity index is 223. The molecule has 0 amide bonds. The first-order valence-corrected chi connectivity index (χ1v) is 7.69. The van der Waals surface area contributed by atoms with Gasteiger partial charge in [-0.25, -0.2) is 0 Å². The number of hydrogen-bond acceptors (Lipinski definition) is 2. The molecule has 0 aromatic carbocycles. The third kappa shape index (κ3) is 4.26. The Morgan fingerprint density at radius 2 is 2.00 bits per heavy atom. The molecule has 2 nitrogen and oxygen atoms in total. The van der Waals surface area contributed by atoms with Crippen LogP contribution in [0.2, 0.25) is 0 Å². The van der Waals surface area contributed by atoms with Crippen molar-refractivity contribution in [2.45, 2.75) is 77.4 Å². The van der Waals surface area contributed by atoms with Crippen LogP contribution in [-0.4, -0.2) is 36.1 Å². The first-order chi connectivity index (χ1) is 8.19. The van der Waals surface area contributed by atoms with Crippen molar-refractivity contribution in [1.82, 2.24) is 10.2 Å². The van der Waals surface area contributed by atoms with Gasteiger partial charge in [0.25, 0.3) is 0 Å². The van der Waals surface area contributed by atoms with E-state index in [2.05, 4.69) is 31.0 Å². The number of piperidine rings is 1. The summed E-state index contributed by atoms with van der Waals surface area (Å²) in [6, 6.07) is 2.22. The fraction of sp³-hybridized carbons (Fsp3) is 1.00. The van der Waals surface area contributed by atoms with Gasteiger partial charge in [-0.1, -0.05) is 33.6 Å². The maximum absolute atomic E-state index is 3.72. The third-order valence-corrected chi connectivity index (χ3v) is 4.31. The SMILES string of the molecule is CCC(CC1CC1)N1CCCC(NC(C)C)C1. The second kappa shape index (κ2) is 6.19. The summed E-state index contributed by atoms with van der Waals surface area (Å²) in [5.41, 5.74) is 0. The molecule has 0 aromatic rings. The molecule has 2 heteroatoms. The van der Waals surface area contributed by atoms with E-state index in [0.29, 0.717) is 6.04 Å². The molecule has 1 heterocycles. The molecular formula is C15H30N2. The largest absolute Gasteiger partial charge is 0.311 e. The first kappa shape index (κ1) is 13.4. The molecule has 2 aliphatic rings. The van der Waals surface area contributed by atoms with Crippen molar-refractivity contribution in [2.75, 3.05) is 13.1 Å². The van der Waals surface area contributed by atoms with Crippen LogP contribution in [0, 0.1) is 5.92 Å². The smallest absolute Gasteiger partial charge is 0.0197 e. The number of hydrogen-bond donors (Lipinski definition) is 1. The highest BCUT2D eigenvalue weighted by Crippen LogP contribution is 2.35. The number of rotatable bonds is 6. The van der Waals surface area contributed by atoms with E-state index in [1.54, 1.807) is 0 Å². The van der Waals surface area contributed by atoms with E-state index in [1.807, 2.05) is 0 Å². The quantitative estimate of drug-likeness (QED) is 0.765. The van der Waals surface area contributed by atoms with Gasteiger partial charge >= 0.3 is 0 Å². The van der Waals surface area contributed by atoms with Gasteiger partial charge in [0.2, 0.25) is 0 Å². The van der Waals surface area contributed by atoms with Crippen LogP contribution in [-0.2, 0) is 0 Å². The summed E-state index contributed by atoms with van der Waals surface area (Å²) in [5.74, 6) is 1.07. The van der Waals surface area contributed by atoms with E-state index in [9.17, 15) is 0 Å². The van der Waals surface area contributed by atoms with Crippen molar-refractivity contribution in [3.05, 3.63) is 0 Å².